The van der Waals surface area contributed by atoms with Crippen LogP contribution in [0.5, 0.6) is 0 Å². The van der Waals surface area contributed by atoms with Crippen LogP contribution in [0.2, 0.25) is 0 Å². The van der Waals surface area contributed by atoms with Gasteiger partial charge in [0.05, 0.1) is 12.2 Å². The molecule has 1 saturated heterocycles. The minimum absolute atomic E-state index is 0.673. The predicted octanol–water partition coefficient (Wildman–Crippen LogP) is 1.76. The van der Waals surface area contributed by atoms with E-state index in [-0.39, 0.29) is 0 Å². The number of aromatic nitrogens is 3. The lowest BCUT2D eigenvalue weighted by atomic mass is 10.1. The van der Waals surface area contributed by atoms with Gasteiger partial charge in [0.15, 0.2) is 0 Å². The van der Waals surface area contributed by atoms with Gasteiger partial charge in [-0.2, -0.15) is 0 Å². The monoisotopic (exact) mass is 279 g/mol. The molecule has 0 aliphatic carbocycles. The van der Waals surface area contributed by atoms with Gasteiger partial charge in [-0.15, -0.1) is 5.10 Å². The minimum atomic E-state index is 0.673. The number of rotatable bonds is 8. The van der Waals surface area contributed by atoms with Crippen LogP contribution in [0.4, 0.5) is 0 Å². The number of nitrogens with zero attached hydrogens (tertiary/aromatic N) is 4. The van der Waals surface area contributed by atoms with E-state index in [0.717, 1.165) is 37.8 Å². The molecular formula is C15H29N5. The Hall–Kier alpha value is -0.940. The molecule has 1 aliphatic rings. The van der Waals surface area contributed by atoms with Crippen LogP contribution >= 0.6 is 0 Å². The second kappa shape index (κ2) is 7.74. The number of hydrogen-bond acceptors (Lipinski definition) is 4. The van der Waals surface area contributed by atoms with Crippen LogP contribution in [0, 0.1) is 11.8 Å². The Balaban J connectivity index is 1.67. The SMILES string of the molecule is CCC1CCN(CCn2cc(CNCC(C)C)nn2)C1. The van der Waals surface area contributed by atoms with Gasteiger partial charge < -0.3 is 10.2 Å². The van der Waals surface area contributed by atoms with Gasteiger partial charge in [-0.1, -0.05) is 32.4 Å². The summed E-state index contributed by atoms with van der Waals surface area (Å²) in [6.07, 6.45) is 4.74. The van der Waals surface area contributed by atoms with Gasteiger partial charge in [-0.3, -0.25) is 4.68 Å². The van der Waals surface area contributed by atoms with Crippen LogP contribution in [0.3, 0.4) is 0 Å². The van der Waals surface area contributed by atoms with Crippen molar-refractivity contribution in [3.63, 3.8) is 0 Å². The Morgan fingerprint density at radius 1 is 1.40 bits per heavy atom. The third-order valence-corrected chi connectivity index (χ3v) is 4.04. The topological polar surface area (TPSA) is 46.0 Å². The fourth-order valence-electron chi connectivity index (χ4n) is 2.71. The maximum atomic E-state index is 4.22. The van der Waals surface area contributed by atoms with E-state index < -0.39 is 0 Å². The van der Waals surface area contributed by atoms with E-state index in [1.165, 1.54) is 25.9 Å². The molecule has 1 fully saturated rings. The first-order valence-corrected chi connectivity index (χ1v) is 7.99. The summed E-state index contributed by atoms with van der Waals surface area (Å²) in [6.45, 7) is 13.1. The second-order valence-electron chi connectivity index (χ2n) is 6.36. The standard InChI is InChI=1S/C15H29N5/c1-4-14-5-6-19(11-14)7-8-20-12-15(17-18-20)10-16-9-13(2)3/h12-14,16H,4-11H2,1-3H3. The average Bonchev–Trinajstić information content (AvgIpc) is 3.04. The van der Waals surface area contributed by atoms with Gasteiger partial charge >= 0.3 is 0 Å². The maximum absolute atomic E-state index is 4.22. The molecule has 1 N–H and O–H groups in total. The molecule has 1 aromatic rings. The summed E-state index contributed by atoms with van der Waals surface area (Å²) in [5.74, 6) is 1.58. The molecule has 2 heterocycles. The average molecular weight is 279 g/mol. The van der Waals surface area contributed by atoms with Gasteiger partial charge in [-0.05, 0) is 31.3 Å². The van der Waals surface area contributed by atoms with E-state index in [0.29, 0.717) is 5.92 Å². The lowest BCUT2D eigenvalue weighted by molar-refractivity contribution is 0.301. The van der Waals surface area contributed by atoms with E-state index >= 15 is 0 Å². The molecule has 0 radical (unpaired) electrons. The molecular weight excluding hydrogens is 250 g/mol. The first-order valence-electron chi connectivity index (χ1n) is 7.99. The van der Waals surface area contributed by atoms with Gasteiger partial charge in [-0.25, -0.2) is 0 Å². The second-order valence-corrected chi connectivity index (χ2v) is 6.36. The molecule has 1 unspecified atom stereocenters. The van der Waals surface area contributed by atoms with Crippen molar-refractivity contribution in [3.05, 3.63) is 11.9 Å². The highest BCUT2D eigenvalue weighted by atomic mass is 15.4. The predicted molar refractivity (Wildman–Crippen MR) is 81.4 cm³/mol. The Bertz CT molecular complexity index is 387. The van der Waals surface area contributed by atoms with E-state index in [9.17, 15) is 0 Å². The van der Waals surface area contributed by atoms with Crippen molar-refractivity contribution in [2.75, 3.05) is 26.2 Å². The molecule has 0 amide bonds. The summed E-state index contributed by atoms with van der Waals surface area (Å²) in [5, 5.41) is 11.8. The molecule has 114 valence electrons. The van der Waals surface area contributed by atoms with Gasteiger partial charge in [0.1, 0.15) is 0 Å². The summed E-state index contributed by atoms with van der Waals surface area (Å²) in [7, 11) is 0. The van der Waals surface area contributed by atoms with Crippen molar-refractivity contribution >= 4 is 0 Å². The molecule has 0 saturated carbocycles. The van der Waals surface area contributed by atoms with E-state index in [1.807, 2.05) is 4.68 Å². The number of likely N-dealkylation sites (tertiary alicyclic amines) is 1. The van der Waals surface area contributed by atoms with Crippen LogP contribution in [0.1, 0.15) is 39.3 Å². The first kappa shape index (κ1) is 15.4. The summed E-state index contributed by atoms with van der Waals surface area (Å²) in [4.78, 5) is 2.55. The molecule has 0 spiro atoms. The van der Waals surface area contributed by atoms with Crippen molar-refractivity contribution in [1.29, 1.82) is 0 Å². The van der Waals surface area contributed by atoms with Gasteiger partial charge in [0.2, 0.25) is 0 Å². The Labute approximate surface area is 122 Å². The van der Waals surface area contributed by atoms with Crippen molar-refractivity contribution in [2.24, 2.45) is 11.8 Å². The molecule has 5 heteroatoms. The van der Waals surface area contributed by atoms with Crippen LogP contribution in [-0.4, -0.2) is 46.1 Å². The van der Waals surface area contributed by atoms with Crippen molar-refractivity contribution in [2.45, 2.75) is 46.7 Å². The molecule has 1 atom stereocenters. The third-order valence-electron chi connectivity index (χ3n) is 4.04. The summed E-state index contributed by atoms with van der Waals surface area (Å²) in [5.41, 5.74) is 1.04. The Morgan fingerprint density at radius 3 is 2.95 bits per heavy atom. The largest absolute Gasteiger partial charge is 0.311 e. The lowest BCUT2D eigenvalue weighted by Gasteiger charge is -2.14. The summed E-state index contributed by atoms with van der Waals surface area (Å²) < 4.78 is 1.98. The van der Waals surface area contributed by atoms with Gasteiger partial charge in [0.25, 0.3) is 0 Å². The zero-order valence-electron chi connectivity index (χ0n) is 13.2. The van der Waals surface area contributed by atoms with Crippen molar-refractivity contribution < 1.29 is 0 Å². The molecule has 2 rings (SSSR count). The van der Waals surface area contributed by atoms with Crippen molar-refractivity contribution in [3.8, 4) is 0 Å². The zero-order chi connectivity index (χ0) is 14.4. The molecule has 5 nitrogen and oxygen atoms in total. The lowest BCUT2D eigenvalue weighted by Crippen LogP contribution is -2.25. The Morgan fingerprint density at radius 2 is 2.25 bits per heavy atom. The molecule has 0 aromatic carbocycles. The van der Waals surface area contributed by atoms with Gasteiger partial charge in [0, 0.05) is 25.8 Å². The van der Waals surface area contributed by atoms with E-state index in [1.54, 1.807) is 0 Å². The van der Waals surface area contributed by atoms with Crippen LogP contribution in [0.25, 0.3) is 0 Å². The van der Waals surface area contributed by atoms with E-state index in [4.69, 9.17) is 0 Å². The summed E-state index contributed by atoms with van der Waals surface area (Å²) in [6, 6.07) is 0. The Kier molecular flexibility index (Phi) is 5.98. The normalized spacial score (nSPS) is 20.1. The number of nitrogens with one attached hydrogen (secondary N) is 1. The highest BCUT2D eigenvalue weighted by molar-refractivity contribution is 4.91. The highest BCUT2D eigenvalue weighted by Gasteiger charge is 2.20. The minimum Gasteiger partial charge on any atom is -0.311 e. The van der Waals surface area contributed by atoms with Crippen LogP contribution < -0.4 is 5.32 Å². The van der Waals surface area contributed by atoms with Crippen molar-refractivity contribution in [1.82, 2.24) is 25.2 Å². The zero-order valence-corrected chi connectivity index (χ0v) is 13.2. The molecule has 1 aliphatic heterocycles. The highest BCUT2D eigenvalue weighted by Crippen LogP contribution is 2.18. The van der Waals surface area contributed by atoms with Crippen LogP contribution in [-0.2, 0) is 13.1 Å². The first-order chi connectivity index (χ1) is 9.67. The maximum Gasteiger partial charge on any atom is 0.0964 e. The molecule has 1 aromatic heterocycles. The quantitative estimate of drug-likeness (QED) is 0.787. The molecule has 0 bridgehead atoms. The third kappa shape index (κ3) is 4.87. The smallest absolute Gasteiger partial charge is 0.0964 e. The fraction of sp³-hybridized carbons (Fsp3) is 0.867. The number of hydrogen-bond donors (Lipinski definition) is 1. The van der Waals surface area contributed by atoms with E-state index in [2.05, 4.69) is 47.5 Å². The fourth-order valence-corrected chi connectivity index (χ4v) is 2.71. The summed E-state index contributed by atoms with van der Waals surface area (Å²) >= 11 is 0. The molecule has 20 heavy (non-hydrogen) atoms. The van der Waals surface area contributed by atoms with Crippen LogP contribution in [0.15, 0.2) is 6.20 Å².